The highest BCUT2D eigenvalue weighted by molar-refractivity contribution is 5.90. The van der Waals surface area contributed by atoms with Crippen LogP contribution in [0.15, 0.2) is 42.5 Å². The van der Waals surface area contributed by atoms with E-state index in [1.165, 1.54) is 16.3 Å². The SMILES string of the molecule is O=C(N1CC[N]CC1)[C@@]1(Cc2cccc3ccccc23)CCCN1. The van der Waals surface area contributed by atoms with Crippen LogP contribution in [0.1, 0.15) is 18.4 Å². The van der Waals surface area contributed by atoms with Crippen molar-refractivity contribution >= 4 is 16.7 Å². The molecule has 2 fully saturated rings. The Balaban J connectivity index is 1.66. The van der Waals surface area contributed by atoms with Gasteiger partial charge in [0.05, 0.1) is 0 Å². The van der Waals surface area contributed by atoms with Crippen LogP contribution in [0.25, 0.3) is 10.8 Å². The highest BCUT2D eigenvalue weighted by Crippen LogP contribution is 2.30. The Kier molecular flexibility index (Phi) is 4.25. The van der Waals surface area contributed by atoms with Crippen molar-refractivity contribution in [2.45, 2.75) is 24.8 Å². The fraction of sp³-hybridized carbons (Fsp3) is 0.450. The number of hydrogen-bond donors (Lipinski definition) is 1. The molecule has 0 aromatic heterocycles. The predicted molar refractivity (Wildman–Crippen MR) is 96.1 cm³/mol. The highest BCUT2D eigenvalue weighted by atomic mass is 16.2. The maximum atomic E-state index is 13.3. The van der Waals surface area contributed by atoms with E-state index in [0.717, 1.165) is 52.0 Å². The number of nitrogens with zero attached hydrogens (tertiary/aromatic N) is 2. The zero-order valence-corrected chi connectivity index (χ0v) is 14.0. The molecule has 4 nitrogen and oxygen atoms in total. The van der Waals surface area contributed by atoms with Gasteiger partial charge in [0.25, 0.3) is 0 Å². The lowest BCUT2D eigenvalue weighted by molar-refractivity contribution is -0.138. The van der Waals surface area contributed by atoms with Crippen LogP contribution in [-0.4, -0.2) is 49.1 Å². The lowest BCUT2D eigenvalue weighted by Crippen LogP contribution is -2.59. The van der Waals surface area contributed by atoms with Gasteiger partial charge in [0.2, 0.25) is 5.91 Å². The van der Waals surface area contributed by atoms with Gasteiger partial charge >= 0.3 is 0 Å². The van der Waals surface area contributed by atoms with Crippen LogP contribution in [0.3, 0.4) is 0 Å². The zero-order valence-electron chi connectivity index (χ0n) is 14.0. The van der Waals surface area contributed by atoms with Gasteiger partial charge in [-0.3, -0.25) is 4.79 Å². The lowest BCUT2D eigenvalue weighted by atomic mass is 9.85. The molecule has 2 aromatic rings. The van der Waals surface area contributed by atoms with Gasteiger partial charge in [0, 0.05) is 32.6 Å². The first-order valence-electron chi connectivity index (χ1n) is 8.93. The van der Waals surface area contributed by atoms with E-state index in [0.29, 0.717) is 0 Å². The van der Waals surface area contributed by atoms with Crippen molar-refractivity contribution in [2.24, 2.45) is 0 Å². The highest BCUT2D eigenvalue weighted by Gasteiger charge is 2.43. The van der Waals surface area contributed by atoms with E-state index in [2.05, 4.69) is 53.1 Å². The number of benzene rings is 2. The summed E-state index contributed by atoms with van der Waals surface area (Å²) in [5.74, 6) is 0.267. The van der Waals surface area contributed by atoms with Gasteiger partial charge in [-0.05, 0) is 35.7 Å². The predicted octanol–water partition coefficient (Wildman–Crippen LogP) is 1.95. The summed E-state index contributed by atoms with van der Waals surface area (Å²) < 4.78 is 0. The average molecular weight is 322 g/mol. The smallest absolute Gasteiger partial charge is 0.243 e. The van der Waals surface area contributed by atoms with Gasteiger partial charge < -0.3 is 10.2 Å². The maximum Gasteiger partial charge on any atom is 0.243 e. The van der Waals surface area contributed by atoms with E-state index in [-0.39, 0.29) is 5.91 Å². The fourth-order valence-corrected chi connectivity index (χ4v) is 4.10. The van der Waals surface area contributed by atoms with Crippen molar-refractivity contribution in [2.75, 3.05) is 32.7 Å². The topological polar surface area (TPSA) is 46.4 Å². The summed E-state index contributed by atoms with van der Waals surface area (Å²) in [6.07, 6.45) is 2.75. The summed E-state index contributed by atoms with van der Waals surface area (Å²) in [5, 5.41) is 10.4. The van der Waals surface area contributed by atoms with Gasteiger partial charge in [-0.25, -0.2) is 5.32 Å². The van der Waals surface area contributed by atoms with E-state index in [1.807, 2.05) is 4.90 Å². The molecule has 125 valence electrons. The van der Waals surface area contributed by atoms with Crippen molar-refractivity contribution in [1.29, 1.82) is 0 Å². The molecular weight excluding hydrogens is 298 g/mol. The monoisotopic (exact) mass is 322 g/mol. The van der Waals surface area contributed by atoms with Crippen LogP contribution >= 0.6 is 0 Å². The van der Waals surface area contributed by atoms with Crippen LogP contribution in [0.2, 0.25) is 0 Å². The molecule has 1 atom stereocenters. The van der Waals surface area contributed by atoms with Crippen molar-refractivity contribution < 1.29 is 4.79 Å². The molecule has 2 heterocycles. The number of fused-ring (bicyclic) bond motifs is 1. The molecule has 0 aliphatic carbocycles. The van der Waals surface area contributed by atoms with Gasteiger partial charge in [-0.15, -0.1) is 0 Å². The van der Waals surface area contributed by atoms with Crippen LogP contribution in [0.5, 0.6) is 0 Å². The number of nitrogens with one attached hydrogen (secondary N) is 1. The van der Waals surface area contributed by atoms with Crippen molar-refractivity contribution in [3.63, 3.8) is 0 Å². The molecular formula is C20H24N3O. The molecule has 0 saturated carbocycles. The molecule has 1 N–H and O–H groups in total. The van der Waals surface area contributed by atoms with Gasteiger partial charge in [-0.2, -0.15) is 0 Å². The van der Waals surface area contributed by atoms with Crippen LogP contribution in [0, 0.1) is 0 Å². The second kappa shape index (κ2) is 6.54. The Morgan fingerprint density at radius 2 is 1.92 bits per heavy atom. The molecule has 2 saturated heterocycles. The molecule has 2 aliphatic heterocycles. The maximum absolute atomic E-state index is 13.3. The number of rotatable bonds is 3. The first-order chi connectivity index (χ1) is 11.8. The Morgan fingerprint density at radius 3 is 2.71 bits per heavy atom. The standard InChI is InChI=1S/C20H24N3O/c24-19(23-13-11-21-12-14-23)20(9-4-10-22-20)15-17-7-3-6-16-5-1-2-8-18(16)17/h1-3,5-8,22H,4,9-15H2/t20-/m0/s1. The normalized spacial score (nSPS) is 24.4. The molecule has 2 aromatic carbocycles. The zero-order chi connectivity index (χ0) is 16.4. The van der Waals surface area contributed by atoms with Gasteiger partial charge in [0.1, 0.15) is 5.54 Å². The van der Waals surface area contributed by atoms with Crippen molar-refractivity contribution in [3.05, 3.63) is 48.0 Å². The first-order valence-corrected chi connectivity index (χ1v) is 8.93. The fourth-order valence-electron chi connectivity index (χ4n) is 4.10. The molecule has 1 radical (unpaired) electrons. The molecule has 0 bridgehead atoms. The van der Waals surface area contributed by atoms with Crippen LogP contribution < -0.4 is 10.6 Å². The minimum atomic E-state index is -0.443. The summed E-state index contributed by atoms with van der Waals surface area (Å²) >= 11 is 0. The molecule has 4 rings (SSSR count). The van der Waals surface area contributed by atoms with Gasteiger partial charge in [0.15, 0.2) is 0 Å². The molecule has 1 amide bonds. The van der Waals surface area contributed by atoms with Crippen molar-refractivity contribution in [3.8, 4) is 0 Å². The lowest BCUT2D eigenvalue weighted by Gasteiger charge is -2.36. The third-order valence-electron chi connectivity index (χ3n) is 5.37. The number of carbonyl (C=O) groups is 1. The molecule has 4 heteroatoms. The summed E-state index contributed by atoms with van der Waals surface area (Å²) in [7, 11) is 0. The van der Waals surface area contributed by atoms with Crippen LogP contribution in [-0.2, 0) is 11.2 Å². The number of carbonyl (C=O) groups excluding carboxylic acids is 1. The third-order valence-corrected chi connectivity index (χ3v) is 5.37. The number of amides is 1. The number of hydrogen-bond acceptors (Lipinski definition) is 2. The van der Waals surface area contributed by atoms with Crippen molar-refractivity contribution in [1.82, 2.24) is 15.5 Å². The summed E-state index contributed by atoms with van der Waals surface area (Å²) in [6.45, 7) is 4.00. The van der Waals surface area contributed by atoms with E-state index < -0.39 is 5.54 Å². The second-order valence-corrected chi connectivity index (χ2v) is 6.89. The minimum absolute atomic E-state index is 0.267. The van der Waals surface area contributed by atoms with E-state index in [1.54, 1.807) is 0 Å². The molecule has 0 spiro atoms. The summed E-state index contributed by atoms with van der Waals surface area (Å²) in [4.78, 5) is 15.3. The van der Waals surface area contributed by atoms with E-state index in [4.69, 9.17) is 0 Å². The van der Waals surface area contributed by atoms with Gasteiger partial charge in [-0.1, -0.05) is 42.5 Å². The Hall–Kier alpha value is -1.91. The summed E-state index contributed by atoms with van der Waals surface area (Å²) in [5.41, 5.74) is 0.819. The first kappa shape index (κ1) is 15.6. The second-order valence-electron chi connectivity index (χ2n) is 6.89. The van der Waals surface area contributed by atoms with E-state index >= 15 is 0 Å². The molecule has 24 heavy (non-hydrogen) atoms. The summed E-state index contributed by atoms with van der Waals surface area (Å²) in [6, 6.07) is 14.9. The van der Waals surface area contributed by atoms with E-state index in [9.17, 15) is 4.79 Å². The Bertz CT molecular complexity index is 725. The Morgan fingerprint density at radius 1 is 1.12 bits per heavy atom. The molecule has 2 aliphatic rings. The largest absolute Gasteiger partial charge is 0.338 e. The average Bonchev–Trinajstić information content (AvgIpc) is 3.12. The Labute approximate surface area is 143 Å². The minimum Gasteiger partial charge on any atom is -0.338 e. The third kappa shape index (κ3) is 2.80. The quantitative estimate of drug-likeness (QED) is 0.939. The number of piperazine rings is 1. The van der Waals surface area contributed by atoms with Crippen LogP contribution in [0.4, 0.5) is 0 Å². The molecule has 0 unspecified atom stereocenters.